The maximum absolute atomic E-state index is 12.9. The van der Waals surface area contributed by atoms with Gasteiger partial charge in [-0.15, -0.1) is 0 Å². The second kappa shape index (κ2) is 7.69. The number of rotatable bonds is 4. The molecule has 1 aromatic carbocycles. The molecule has 6 heteroatoms. The van der Waals surface area contributed by atoms with Crippen molar-refractivity contribution in [2.45, 2.75) is 50.2 Å². The Hall–Kier alpha value is -2.40. The minimum atomic E-state index is -0.0716. The van der Waals surface area contributed by atoms with Crippen molar-refractivity contribution in [3.8, 4) is 0 Å². The Morgan fingerprint density at radius 2 is 1.74 bits per heavy atom. The highest BCUT2D eigenvalue weighted by Gasteiger charge is 2.43. The van der Waals surface area contributed by atoms with Crippen LogP contribution in [0.2, 0.25) is 5.02 Å². The number of carbonyl (C=O) groups is 2. The molecule has 0 aliphatic carbocycles. The van der Waals surface area contributed by atoms with Crippen LogP contribution in [0.15, 0.2) is 48.8 Å². The van der Waals surface area contributed by atoms with Crippen LogP contribution in [0.3, 0.4) is 0 Å². The van der Waals surface area contributed by atoms with Crippen molar-refractivity contribution in [3.05, 3.63) is 64.9 Å². The molecule has 3 heterocycles. The van der Waals surface area contributed by atoms with Gasteiger partial charge < -0.3 is 10.2 Å². The van der Waals surface area contributed by atoms with E-state index in [1.807, 2.05) is 29.2 Å². The van der Waals surface area contributed by atoms with E-state index in [-0.39, 0.29) is 29.9 Å². The second-order valence-electron chi connectivity index (χ2n) is 7.33. The van der Waals surface area contributed by atoms with E-state index in [1.165, 1.54) is 0 Å². The van der Waals surface area contributed by atoms with Crippen molar-refractivity contribution in [3.63, 3.8) is 0 Å². The van der Waals surface area contributed by atoms with Crippen molar-refractivity contribution in [2.24, 2.45) is 0 Å². The molecule has 2 bridgehead atoms. The number of benzene rings is 1. The number of halogens is 1. The van der Waals surface area contributed by atoms with E-state index in [0.29, 0.717) is 17.0 Å². The Kier molecular flexibility index (Phi) is 5.12. The van der Waals surface area contributed by atoms with Crippen LogP contribution in [0.1, 0.15) is 41.6 Å². The van der Waals surface area contributed by atoms with Crippen molar-refractivity contribution in [1.82, 2.24) is 15.2 Å². The van der Waals surface area contributed by atoms with Crippen LogP contribution in [-0.2, 0) is 11.2 Å². The Morgan fingerprint density at radius 3 is 2.41 bits per heavy atom. The number of nitrogens with one attached hydrogen (secondary N) is 1. The molecule has 0 spiro atoms. The fourth-order valence-corrected chi connectivity index (χ4v) is 4.57. The summed E-state index contributed by atoms with van der Waals surface area (Å²) in [6.07, 6.45) is 7.19. The monoisotopic (exact) mass is 383 g/mol. The van der Waals surface area contributed by atoms with E-state index < -0.39 is 0 Å². The van der Waals surface area contributed by atoms with Gasteiger partial charge in [0.1, 0.15) is 0 Å². The van der Waals surface area contributed by atoms with Gasteiger partial charge in [0.15, 0.2) is 0 Å². The molecule has 1 N–H and O–H groups in total. The Bertz CT molecular complexity index is 828. The smallest absolute Gasteiger partial charge is 0.251 e. The predicted molar refractivity (Wildman–Crippen MR) is 104 cm³/mol. The van der Waals surface area contributed by atoms with E-state index in [2.05, 4.69) is 10.3 Å². The zero-order chi connectivity index (χ0) is 18.8. The van der Waals surface area contributed by atoms with E-state index >= 15 is 0 Å². The number of amides is 2. The van der Waals surface area contributed by atoms with E-state index in [9.17, 15) is 9.59 Å². The number of fused-ring (bicyclic) bond motifs is 2. The molecule has 2 saturated heterocycles. The lowest BCUT2D eigenvalue weighted by Gasteiger charge is -2.39. The fourth-order valence-electron chi connectivity index (χ4n) is 4.37. The van der Waals surface area contributed by atoms with Gasteiger partial charge in [-0.1, -0.05) is 29.8 Å². The zero-order valence-corrected chi connectivity index (χ0v) is 15.7. The quantitative estimate of drug-likeness (QED) is 0.881. The molecule has 2 amide bonds. The maximum Gasteiger partial charge on any atom is 0.251 e. The molecular weight excluding hydrogens is 362 g/mol. The first-order valence-corrected chi connectivity index (χ1v) is 9.75. The standard InChI is InChI=1S/C21H22ClN3O2/c22-19-4-2-1-3-15(19)11-20(26)25-17-5-6-18(25)13-16(12-17)24-21(27)14-7-9-23-10-8-14/h1-4,7-10,16-18H,5-6,11-13H2,(H,24,27)/t16?,17-,18+. The zero-order valence-electron chi connectivity index (χ0n) is 15.0. The van der Waals surface area contributed by atoms with E-state index in [1.54, 1.807) is 24.5 Å². The van der Waals surface area contributed by atoms with Gasteiger partial charge in [-0.2, -0.15) is 0 Å². The van der Waals surface area contributed by atoms with Gasteiger partial charge in [-0.3, -0.25) is 14.6 Å². The summed E-state index contributed by atoms with van der Waals surface area (Å²) in [4.78, 5) is 31.3. The number of pyridine rings is 1. The third-order valence-corrected chi connectivity index (χ3v) is 5.97. The summed E-state index contributed by atoms with van der Waals surface area (Å²) < 4.78 is 0. The van der Waals surface area contributed by atoms with Crippen molar-refractivity contribution in [1.29, 1.82) is 0 Å². The maximum atomic E-state index is 12.9. The molecule has 5 nitrogen and oxygen atoms in total. The first-order valence-electron chi connectivity index (χ1n) is 9.37. The molecule has 140 valence electrons. The molecule has 2 fully saturated rings. The van der Waals surface area contributed by atoms with Crippen LogP contribution in [0.4, 0.5) is 0 Å². The summed E-state index contributed by atoms with van der Waals surface area (Å²) >= 11 is 6.21. The minimum absolute atomic E-state index is 0.0716. The topological polar surface area (TPSA) is 62.3 Å². The summed E-state index contributed by atoms with van der Waals surface area (Å²) in [6.45, 7) is 0. The minimum Gasteiger partial charge on any atom is -0.349 e. The van der Waals surface area contributed by atoms with Gasteiger partial charge in [-0.05, 0) is 49.4 Å². The highest BCUT2D eigenvalue weighted by atomic mass is 35.5. The first kappa shape index (κ1) is 18.0. The summed E-state index contributed by atoms with van der Waals surface area (Å²) in [5, 5.41) is 3.77. The van der Waals surface area contributed by atoms with Gasteiger partial charge in [-0.25, -0.2) is 0 Å². The number of carbonyl (C=O) groups excluding carboxylic acids is 2. The number of nitrogens with zero attached hydrogens (tertiary/aromatic N) is 2. The lowest BCUT2D eigenvalue weighted by Crippen LogP contribution is -2.52. The van der Waals surface area contributed by atoms with Gasteiger partial charge in [0.25, 0.3) is 5.91 Å². The number of hydrogen-bond donors (Lipinski definition) is 1. The molecule has 0 saturated carbocycles. The highest BCUT2D eigenvalue weighted by molar-refractivity contribution is 6.31. The van der Waals surface area contributed by atoms with E-state index in [4.69, 9.17) is 11.6 Å². The fraction of sp³-hybridized carbons (Fsp3) is 0.381. The SMILES string of the molecule is O=C(NC1C[C@H]2CC[C@@H](C1)N2C(=O)Cc1ccccc1Cl)c1ccncc1. The van der Waals surface area contributed by atoms with Crippen LogP contribution >= 0.6 is 11.6 Å². The largest absolute Gasteiger partial charge is 0.349 e. The molecule has 4 rings (SSSR count). The summed E-state index contributed by atoms with van der Waals surface area (Å²) in [7, 11) is 0. The average molecular weight is 384 g/mol. The third-order valence-electron chi connectivity index (χ3n) is 5.60. The van der Waals surface area contributed by atoms with Crippen LogP contribution in [0, 0.1) is 0 Å². The molecule has 2 aliphatic heterocycles. The van der Waals surface area contributed by atoms with Crippen molar-refractivity contribution < 1.29 is 9.59 Å². The third kappa shape index (κ3) is 3.83. The number of hydrogen-bond acceptors (Lipinski definition) is 3. The average Bonchev–Trinajstić information content (AvgIpc) is 2.95. The summed E-state index contributed by atoms with van der Waals surface area (Å²) in [6, 6.07) is 11.4. The molecule has 2 aliphatic rings. The predicted octanol–water partition coefficient (Wildman–Crippen LogP) is 3.23. The highest BCUT2D eigenvalue weighted by Crippen LogP contribution is 2.36. The molecule has 0 radical (unpaired) electrons. The van der Waals surface area contributed by atoms with Crippen LogP contribution in [0.5, 0.6) is 0 Å². The molecular formula is C21H22ClN3O2. The lowest BCUT2D eigenvalue weighted by molar-refractivity contribution is -0.135. The van der Waals surface area contributed by atoms with Crippen LogP contribution < -0.4 is 5.32 Å². The summed E-state index contributed by atoms with van der Waals surface area (Å²) in [5.74, 6) is 0.0622. The Labute approximate surface area is 163 Å². The molecule has 1 unspecified atom stereocenters. The normalized spacial score (nSPS) is 23.9. The van der Waals surface area contributed by atoms with Gasteiger partial charge >= 0.3 is 0 Å². The van der Waals surface area contributed by atoms with Gasteiger partial charge in [0, 0.05) is 41.1 Å². The molecule has 3 atom stereocenters. The van der Waals surface area contributed by atoms with Gasteiger partial charge in [0.05, 0.1) is 6.42 Å². The second-order valence-corrected chi connectivity index (χ2v) is 7.74. The summed E-state index contributed by atoms with van der Waals surface area (Å²) in [5.41, 5.74) is 1.49. The van der Waals surface area contributed by atoms with Crippen LogP contribution in [0.25, 0.3) is 0 Å². The Morgan fingerprint density at radius 1 is 1.07 bits per heavy atom. The van der Waals surface area contributed by atoms with Gasteiger partial charge in [0.2, 0.25) is 5.91 Å². The molecule has 2 aromatic rings. The number of aromatic nitrogens is 1. The van der Waals surface area contributed by atoms with Crippen LogP contribution in [-0.4, -0.2) is 39.8 Å². The molecule has 1 aromatic heterocycles. The Balaban J connectivity index is 1.39. The lowest BCUT2D eigenvalue weighted by atomic mass is 9.96. The molecule has 27 heavy (non-hydrogen) atoms. The van der Waals surface area contributed by atoms with E-state index in [0.717, 1.165) is 31.2 Å². The van der Waals surface area contributed by atoms with Crippen molar-refractivity contribution >= 4 is 23.4 Å². The first-order chi connectivity index (χ1) is 13.1. The van der Waals surface area contributed by atoms with Crippen molar-refractivity contribution in [2.75, 3.05) is 0 Å². The number of piperidine rings is 1.